The molecule has 1 saturated carbocycles. The van der Waals surface area contributed by atoms with Gasteiger partial charge in [-0.25, -0.2) is 13.8 Å². The van der Waals surface area contributed by atoms with Crippen molar-refractivity contribution in [2.45, 2.75) is 122 Å². The molecule has 374 valence electrons. The van der Waals surface area contributed by atoms with Crippen LogP contribution in [0.15, 0.2) is 54.9 Å². The molecule has 15 nitrogen and oxygen atoms in total. The summed E-state index contributed by atoms with van der Waals surface area (Å²) < 4.78 is 37.1. The van der Waals surface area contributed by atoms with Gasteiger partial charge in [0, 0.05) is 116 Å². The average Bonchev–Trinajstić information content (AvgIpc) is 3.86. The van der Waals surface area contributed by atoms with Crippen molar-refractivity contribution in [3.8, 4) is 11.1 Å². The first-order valence-electron chi connectivity index (χ1n) is 25.3. The van der Waals surface area contributed by atoms with Crippen LogP contribution >= 0.6 is 12.9 Å². The Balaban J connectivity index is 0.000000184. The summed E-state index contributed by atoms with van der Waals surface area (Å²) in [6, 6.07) is 12.1. The lowest BCUT2D eigenvalue weighted by Gasteiger charge is -2.39. The van der Waals surface area contributed by atoms with Gasteiger partial charge in [-0.1, -0.05) is 19.3 Å². The number of likely N-dealkylation sites (tertiary alicyclic amines) is 1. The van der Waals surface area contributed by atoms with Crippen LogP contribution in [0, 0.1) is 31.4 Å². The summed E-state index contributed by atoms with van der Waals surface area (Å²) in [6.07, 6.45) is 15.3. The van der Waals surface area contributed by atoms with Gasteiger partial charge in [-0.2, -0.15) is 5.10 Å². The lowest BCUT2D eigenvalue weighted by molar-refractivity contribution is -0.137. The molecule has 2 N–H and O–H groups in total. The highest BCUT2D eigenvalue weighted by atomic mass is 32.1. The van der Waals surface area contributed by atoms with Crippen molar-refractivity contribution in [2.24, 2.45) is 5.92 Å². The van der Waals surface area contributed by atoms with E-state index in [4.69, 9.17) is 9.28 Å². The predicted octanol–water partition coefficient (Wildman–Crippen LogP) is 7.84. The van der Waals surface area contributed by atoms with Crippen LogP contribution in [-0.4, -0.2) is 116 Å². The maximum Gasteiger partial charge on any atom is 0.255 e. The summed E-state index contributed by atoms with van der Waals surface area (Å²) in [4.78, 5) is 66.5. The second kappa shape index (κ2) is 21.0. The number of fused-ring (bicyclic) bond motifs is 3. The molecule has 1 unspecified atom stereocenters. The zero-order valence-electron chi connectivity index (χ0n) is 40.5. The Kier molecular flexibility index (Phi) is 14.4. The second-order valence-electron chi connectivity index (χ2n) is 20.2. The van der Waals surface area contributed by atoms with Crippen molar-refractivity contribution >= 4 is 64.6 Å². The summed E-state index contributed by atoms with van der Waals surface area (Å²) in [5.74, 6) is 0.377. The summed E-state index contributed by atoms with van der Waals surface area (Å²) in [5.41, 5.74) is 5.30. The molecule has 0 radical (unpaired) electrons. The fourth-order valence-electron chi connectivity index (χ4n) is 11.6. The summed E-state index contributed by atoms with van der Waals surface area (Å²) in [6.45, 7) is 9.65. The maximum atomic E-state index is 15.2. The summed E-state index contributed by atoms with van der Waals surface area (Å²) in [5, 5.41) is 11.9. The number of benzene rings is 2. The number of aryl methyl sites for hydroxylation is 2. The summed E-state index contributed by atoms with van der Waals surface area (Å²) >= 11 is 3.85. The van der Waals surface area contributed by atoms with Gasteiger partial charge < -0.3 is 29.1 Å². The van der Waals surface area contributed by atoms with Gasteiger partial charge >= 0.3 is 0 Å². The van der Waals surface area contributed by atoms with Gasteiger partial charge in [-0.3, -0.25) is 34.2 Å². The van der Waals surface area contributed by atoms with E-state index in [0.29, 0.717) is 47.6 Å². The smallest absolute Gasteiger partial charge is 0.255 e. The molecule has 18 heteroatoms. The van der Waals surface area contributed by atoms with Crippen LogP contribution in [0.1, 0.15) is 104 Å². The number of carbonyl (C=O) groups excluding carboxylic acids is 4. The molecule has 5 aromatic rings. The number of carbonyl (C=O) groups is 4. The molecule has 4 fully saturated rings. The molecule has 71 heavy (non-hydrogen) atoms. The Morgan fingerprint density at radius 3 is 2.30 bits per heavy atom. The predicted molar refractivity (Wildman–Crippen MR) is 269 cm³/mol. The Bertz CT molecular complexity index is 2840. The highest BCUT2D eigenvalue weighted by molar-refractivity contribution is 7.75. The van der Waals surface area contributed by atoms with Gasteiger partial charge in [0.05, 0.1) is 18.3 Å². The van der Waals surface area contributed by atoms with Crippen LogP contribution in [-0.2, 0) is 38.1 Å². The van der Waals surface area contributed by atoms with Gasteiger partial charge in [0.1, 0.15) is 24.2 Å². The van der Waals surface area contributed by atoms with Gasteiger partial charge in [-0.15, -0.1) is 0 Å². The number of thiol groups is 1. The Morgan fingerprint density at radius 2 is 1.55 bits per heavy atom. The van der Waals surface area contributed by atoms with Crippen LogP contribution in [0.4, 0.5) is 26.1 Å². The number of amides is 4. The number of halogens is 2. The van der Waals surface area contributed by atoms with E-state index in [-0.39, 0.29) is 61.1 Å². The van der Waals surface area contributed by atoms with Crippen LogP contribution in [0.3, 0.4) is 0 Å². The van der Waals surface area contributed by atoms with E-state index < -0.39 is 17.8 Å². The van der Waals surface area contributed by atoms with E-state index in [1.54, 1.807) is 24.5 Å². The van der Waals surface area contributed by atoms with E-state index in [1.165, 1.54) is 49.6 Å². The fraction of sp³-hybridized carbons (Fsp3) is 0.491. The topological polar surface area (TPSA) is 158 Å². The lowest BCUT2D eigenvalue weighted by Crippen LogP contribution is -2.52. The maximum absolute atomic E-state index is 15.2. The average molecular weight is 989 g/mol. The molecule has 6 aliphatic rings. The number of anilines is 3. The van der Waals surface area contributed by atoms with E-state index >= 15 is 8.78 Å². The number of hydrogen-bond acceptors (Lipinski definition) is 12. The van der Waals surface area contributed by atoms with Gasteiger partial charge in [0.2, 0.25) is 17.7 Å². The first kappa shape index (κ1) is 48.6. The number of imide groups is 1. The lowest BCUT2D eigenvalue weighted by atomic mass is 9.88. The SMILES string of the molecule is Cc1cc(C)c(-c2cc3cc(Nc4cc5n(n4)CC(=O)N(C4CCN(CC6CCCCC6)CC4)CC5)ncc3cc2F)cn1.O=C1CCC(N2Cc3c(ccc(N4CCC(OS)CC4)c3F)C2=O)C(=O)N1. The van der Waals surface area contributed by atoms with E-state index in [0.717, 1.165) is 90.9 Å². The minimum absolute atomic E-state index is 0.0380. The standard InChI is InChI=1S/C35H42FN7O.C18H20FN3O4S/c1-23-14-24(2)37-20-31(23)30-15-26-17-33(38-19-27(26)16-32(30)36)39-34-18-29-10-13-42(35(44)22-43(29)40-34)28-8-11-41(12-9-28)21-25-6-4-3-5-7-25;19-16-12-9-22(14-3-4-15(23)20-17(14)24)18(25)11(12)1-2-13(16)21-7-5-10(26-27)6-8-21/h14-20,25,28H,3-13,21-22H2,1-2H3,(H,38,39,40);1-2,10,14,27H,3-9H2,(H,20,23,24). The monoisotopic (exact) mass is 988 g/mol. The van der Waals surface area contributed by atoms with Crippen molar-refractivity contribution in [1.82, 2.24) is 39.8 Å². The second-order valence-corrected chi connectivity index (χ2v) is 20.4. The third-order valence-electron chi connectivity index (χ3n) is 15.5. The zero-order chi connectivity index (χ0) is 49.3. The molecule has 2 aromatic carbocycles. The molecule has 8 heterocycles. The van der Waals surface area contributed by atoms with Crippen LogP contribution < -0.4 is 15.5 Å². The van der Waals surface area contributed by atoms with E-state index in [9.17, 15) is 19.2 Å². The molecule has 0 spiro atoms. The highest BCUT2D eigenvalue weighted by Crippen LogP contribution is 2.36. The van der Waals surface area contributed by atoms with Crippen molar-refractivity contribution < 1.29 is 32.1 Å². The van der Waals surface area contributed by atoms with E-state index in [2.05, 4.69) is 43.3 Å². The molecule has 1 atom stereocenters. The Hall–Kier alpha value is -5.98. The van der Waals surface area contributed by atoms with Crippen molar-refractivity contribution in [3.05, 3.63) is 94.6 Å². The Morgan fingerprint density at radius 1 is 0.761 bits per heavy atom. The van der Waals surface area contributed by atoms with Crippen molar-refractivity contribution in [2.75, 3.05) is 49.5 Å². The van der Waals surface area contributed by atoms with Gasteiger partial charge in [-0.05, 0) is 125 Å². The van der Waals surface area contributed by atoms with Crippen LogP contribution in [0.5, 0.6) is 0 Å². The molecule has 1 aliphatic carbocycles. The molecular formula is C53H62F2N10O5S. The number of hydrogen-bond donors (Lipinski definition) is 3. The number of nitrogens with one attached hydrogen (secondary N) is 2. The molecule has 11 rings (SSSR count). The summed E-state index contributed by atoms with van der Waals surface area (Å²) in [7, 11) is 0. The minimum Gasteiger partial charge on any atom is -0.369 e. The first-order valence-corrected chi connectivity index (χ1v) is 25.6. The molecule has 4 amide bonds. The number of piperidine rings is 3. The van der Waals surface area contributed by atoms with Gasteiger partial charge in [0.15, 0.2) is 11.6 Å². The normalized spacial score (nSPS) is 20.7. The number of pyridine rings is 2. The number of aromatic nitrogens is 4. The van der Waals surface area contributed by atoms with Crippen LogP contribution in [0.2, 0.25) is 0 Å². The first-order chi connectivity index (χ1) is 34.4. The zero-order valence-corrected chi connectivity index (χ0v) is 41.4. The molecule has 5 aliphatic heterocycles. The molecule has 3 saturated heterocycles. The Labute approximate surface area is 418 Å². The quantitative estimate of drug-likeness (QED) is 0.0751. The van der Waals surface area contributed by atoms with Gasteiger partial charge in [0.25, 0.3) is 5.91 Å². The third kappa shape index (κ3) is 10.5. The highest BCUT2D eigenvalue weighted by Gasteiger charge is 2.41. The van der Waals surface area contributed by atoms with Crippen molar-refractivity contribution in [1.29, 1.82) is 0 Å². The molecule has 3 aromatic heterocycles. The number of rotatable bonds is 9. The third-order valence-corrected chi connectivity index (χ3v) is 15.8. The van der Waals surface area contributed by atoms with Crippen molar-refractivity contribution in [3.63, 3.8) is 0 Å². The van der Waals surface area contributed by atoms with E-state index in [1.807, 2.05) is 47.7 Å². The fourth-order valence-corrected chi connectivity index (χ4v) is 11.8. The minimum atomic E-state index is -0.742. The van der Waals surface area contributed by atoms with Crippen LogP contribution in [0.25, 0.3) is 21.9 Å². The molecule has 0 bridgehead atoms. The molecular weight excluding hydrogens is 927 g/mol. The number of nitrogens with zero attached hydrogens (tertiary/aromatic N) is 8. The largest absolute Gasteiger partial charge is 0.369 e.